The Labute approximate surface area is 150 Å². The molecule has 0 bridgehead atoms. The van der Waals surface area contributed by atoms with Gasteiger partial charge in [0.15, 0.2) is 4.34 Å². The van der Waals surface area contributed by atoms with E-state index in [9.17, 15) is 13.6 Å². The second-order valence-electron chi connectivity index (χ2n) is 4.28. The molecule has 1 amide bonds. The fraction of sp³-hybridized carbons (Fsp3) is 0.214. The van der Waals surface area contributed by atoms with Crippen molar-refractivity contribution in [1.29, 1.82) is 0 Å². The lowest BCUT2D eigenvalue weighted by Crippen LogP contribution is -2.13. The number of benzene rings is 1. The maximum Gasteiger partial charge on any atom is 0.288 e. The van der Waals surface area contributed by atoms with Crippen LogP contribution < -0.4 is 10.6 Å². The summed E-state index contributed by atoms with van der Waals surface area (Å²) in [5.74, 6) is -2.48. The molecule has 5 nitrogen and oxygen atoms in total. The minimum atomic E-state index is -2.46. The van der Waals surface area contributed by atoms with Gasteiger partial charge in [0.2, 0.25) is 11.0 Å². The summed E-state index contributed by atoms with van der Waals surface area (Å²) in [5, 5.41) is 14.3. The number of aromatic nitrogens is 2. The molecule has 0 fully saturated rings. The average Bonchev–Trinajstić information content (AvgIpc) is 3.00. The Hall–Kier alpha value is -1.65. The molecule has 0 radical (unpaired) electrons. The molecule has 128 valence electrons. The first-order chi connectivity index (χ1) is 11.6. The van der Waals surface area contributed by atoms with Crippen LogP contribution in [0.5, 0.6) is 0 Å². The quantitative estimate of drug-likeness (QED) is 0.496. The first-order valence-electron chi connectivity index (χ1n) is 6.72. The van der Waals surface area contributed by atoms with Gasteiger partial charge in [-0.25, -0.2) is 0 Å². The lowest BCUT2D eigenvalue weighted by Gasteiger charge is -2.05. The average molecular weight is 388 g/mol. The number of hydrogen-bond donors (Lipinski definition) is 2. The summed E-state index contributed by atoms with van der Waals surface area (Å²) in [6, 6.07) is 6.27. The van der Waals surface area contributed by atoms with Crippen molar-refractivity contribution in [2.24, 2.45) is 0 Å². The number of hydrogen-bond acceptors (Lipinski definition) is 7. The summed E-state index contributed by atoms with van der Waals surface area (Å²) < 4.78 is 25.1. The maximum atomic E-state index is 12.2. The number of alkyl halides is 2. The SMILES string of the molecule is C=CCNc1nnc(SCC(=O)Nc2ccc(SC(F)F)cc2)s1. The number of amides is 1. The standard InChI is InChI=1S/C14H14F2N4OS3/c1-2-7-17-13-19-20-14(24-13)22-8-11(21)18-9-3-5-10(6-4-9)23-12(15)16/h2-6,12H,1,7-8H2,(H,17,19)(H,18,21). The Morgan fingerprint density at radius 1 is 1.33 bits per heavy atom. The van der Waals surface area contributed by atoms with Gasteiger partial charge in [-0.05, 0) is 24.3 Å². The van der Waals surface area contributed by atoms with E-state index in [0.29, 0.717) is 38.4 Å². The number of carbonyl (C=O) groups is 1. The van der Waals surface area contributed by atoms with E-state index in [1.807, 2.05) is 0 Å². The first-order valence-corrected chi connectivity index (χ1v) is 9.41. The van der Waals surface area contributed by atoms with Crippen LogP contribution in [0.15, 0.2) is 46.2 Å². The molecule has 2 rings (SSSR count). The van der Waals surface area contributed by atoms with E-state index in [4.69, 9.17) is 0 Å². The van der Waals surface area contributed by atoms with Crippen LogP contribution in [0.3, 0.4) is 0 Å². The van der Waals surface area contributed by atoms with Gasteiger partial charge < -0.3 is 10.6 Å². The Morgan fingerprint density at radius 3 is 2.75 bits per heavy atom. The molecule has 1 aromatic carbocycles. The van der Waals surface area contributed by atoms with Crippen molar-refractivity contribution in [1.82, 2.24) is 10.2 Å². The van der Waals surface area contributed by atoms with Gasteiger partial charge in [-0.2, -0.15) is 8.78 Å². The summed E-state index contributed by atoms with van der Waals surface area (Å²) in [5.41, 5.74) is 0.560. The first kappa shape index (κ1) is 18.7. The highest BCUT2D eigenvalue weighted by Gasteiger charge is 2.09. The van der Waals surface area contributed by atoms with Crippen molar-refractivity contribution in [3.05, 3.63) is 36.9 Å². The summed E-state index contributed by atoms with van der Waals surface area (Å²) >= 11 is 3.10. The van der Waals surface area contributed by atoms with Gasteiger partial charge in [0.1, 0.15) is 0 Å². The molecular formula is C14H14F2N4OS3. The molecular weight excluding hydrogens is 374 g/mol. The monoisotopic (exact) mass is 388 g/mol. The van der Waals surface area contributed by atoms with Gasteiger partial charge >= 0.3 is 0 Å². The predicted molar refractivity (Wildman–Crippen MR) is 96.3 cm³/mol. The number of carbonyl (C=O) groups excluding carboxylic acids is 1. The summed E-state index contributed by atoms with van der Waals surface area (Å²) in [7, 11) is 0. The molecule has 2 aromatic rings. The molecule has 0 unspecified atom stereocenters. The zero-order valence-electron chi connectivity index (χ0n) is 12.4. The minimum Gasteiger partial charge on any atom is -0.357 e. The molecule has 0 aliphatic heterocycles. The van der Waals surface area contributed by atoms with Gasteiger partial charge in [-0.15, -0.1) is 16.8 Å². The normalized spacial score (nSPS) is 10.6. The van der Waals surface area contributed by atoms with Crippen molar-refractivity contribution in [2.75, 3.05) is 22.9 Å². The third-order valence-electron chi connectivity index (χ3n) is 2.49. The fourth-order valence-corrected chi connectivity index (χ4v) is 3.60. The summed E-state index contributed by atoms with van der Waals surface area (Å²) in [6.07, 6.45) is 1.72. The Bertz CT molecular complexity index is 679. The molecule has 0 aliphatic rings. The summed E-state index contributed by atoms with van der Waals surface area (Å²) in [6.45, 7) is 4.20. The molecule has 0 saturated carbocycles. The van der Waals surface area contributed by atoms with Crippen LogP contribution >= 0.6 is 34.9 Å². The number of anilines is 2. The third-order valence-corrected chi connectivity index (χ3v) is 5.23. The van der Waals surface area contributed by atoms with Gasteiger partial charge in [0.25, 0.3) is 5.76 Å². The smallest absolute Gasteiger partial charge is 0.288 e. The summed E-state index contributed by atoms with van der Waals surface area (Å²) in [4.78, 5) is 12.3. The van der Waals surface area contributed by atoms with Gasteiger partial charge in [-0.3, -0.25) is 4.79 Å². The van der Waals surface area contributed by atoms with E-state index in [2.05, 4.69) is 27.4 Å². The van der Waals surface area contributed by atoms with Crippen LogP contribution in [0.4, 0.5) is 19.6 Å². The van der Waals surface area contributed by atoms with E-state index in [-0.39, 0.29) is 11.7 Å². The highest BCUT2D eigenvalue weighted by atomic mass is 32.2. The van der Waals surface area contributed by atoms with E-state index < -0.39 is 5.76 Å². The number of nitrogens with one attached hydrogen (secondary N) is 2. The highest BCUT2D eigenvalue weighted by molar-refractivity contribution is 8.01. The van der Waals surface area contributed by atoms with E-state index in [0.717, 1.165) is 0 Å². The molecule has 0 spiro atoms. The second-order valence-corrected chi connectivity index (χ2v) is 7.55. The van der Waals surface area contributed by atoms with Crippen LogP contribution in [0, 0.1) is 0 Å². The predicted octanol–water partition coefficient (Wildman–Crippen LogP) is 4.18. The van der Waals surface area contributed by atoms with Crippen molar-refractivity contribution < 1.29 is 13.6 Å². The lowest BCUT2D eigenvalue weighted by molar-refractivity contribution is -0.113. The number of rotatable bonds is 9. The largest absolute Gasteiger partial charge is 0.357 e. The molecule has 24 heavy (non-hydrogen) atoms. The van der Waals surface area contributed by atoms with Gasteiger partial charge in [0.05, 0.1) is 5.75 Å². The van der Waals surface area contributed by atoms with Crippen molar-refractivity contribution in [2.45, 2.75) is 15.0 Å². The fourth-order valence-electron chi connectivity index (χ4n) is 1.54. The number of nitrogens with zero attached hydrogens (tertiary/aromatic N) is 2. The number of halogens is 2. The molecule has 1 heterocycles. The molecule has 10 heteroatoms. The zero-order chi connectivity index (χ0) is 17.4. The van der Waals surface area contributed by atoms with Crippen LogP contribution in [-0.4, -0.2) is 34.2 Å². The van der Waals surface area contributed by atoms with Crippen molar-refractivity contribution >= 4 is 51.6 Å². The van der Waals surface area contributed by atoms with Crippen LogP contribution in [0.2, 0.25) is 0 Å². The second kappa shape index (κ2) is 9.60. The molecule has 1 aromatic heterocycles. The molecule has 2 N–H and O–H groups in total. The maximum absolute atomic E-state index is 12.2. The van der Waals surface area contributed by atoms with E-state index >= 15 is 0 Å². The van der Waals surface area contributed by atoms with Gasteiger partial charge in [0, 0.05) is 17.1 Å². The molecule has 0 aliphatic carbocycles. The Morgan fingerprint density at radius 2 is 2.08 bits per heavy atom. The van der Waals surface area contributed by atoms with Crippen molar-refractivity contribution in [3.8, 4) is 0 Å². The molecule has 0 atom stereocenters. The Kier molecular flexibility index (Phi) is 7.47. The lowest BCUT2D eigenvalue weighted by atomic mass is 10.3. The van der Waals surface area contributed by atoms with Crippen molar-refractivity contribution in [3.63, 3.8) is 0 Å². The minimum absolute atomic E-state index is 0.184. The third kappa shape index (κ3) is 6.46. The topological polar surface area (TPSA) is 66.9 Å². The van der Waals surface area contributed by atoms with Crippen LogP contribution in [0.1, 0.15) is 0 Å². The van der Waals surface area contributed by atoms with Gasteiger partial charge in [-0.1, -0.05) is 40.9 Å². The van der Waals surface area contributed by atoms with E-state index in [1.165, 1.54) is 23.1 Å². The van der Waals surface area contributed by atoms with E-state index in [1.54, 1.807) is 30.3 Å². The highest BCUT2D eigenvalue weighted by Crippen LogP contribution is 2.27. The van der Waals surface area contributed by atoms with Crippen LogP contribution in [0.25, 0.3) is 0 Å². The number of thioether (sulfide) groups is 2. The Balaban J connectivity index is 1.78. The molecule has 0 saturated heterocycles. The zero-order valence-corrected chi connectivity index (χ0v) is 14.8. The van der Waals surface area contributed by atoms with Crippen LogP contribution in [-0.2, 0) is 4.79 Å².